The van der Waals surface area contributed by atoms with Gasteiger partial charge in [0.1, 0.15) is 11.9 Å². The minimum Gasteiger partial charge on any atom is -1.00 e. The monoisotopic (exact) mass is 316 g/mol. The lowest BCUT2D eigenvalue weighted by Gasteiger charge is -2.27. The van der Waals surface area contributed by atoms with Crippen LogP contribution in [0.5, 0.6) is 0 Å². The summed E-state index contributed by atoms with van der Waals surface area (Å²) in [5.74, 6) is 0. The van der Waals surface area contributed by atoms with E-state index >= 15 is 0 Å². The standard InChI is InChI=1S/C12H16N2.HI/c1-3-13-9-10-14(4-2)12-8-6-5-7-11(12)13;/h5-10H,3-4H2,1-2H3;1H. The third kappa shape index (κ3) is 2.34. The van der Waals surface area contributed by atoms with Gasteiger partial charge in [0.15, 0.2) is 5.69 Å². The number of hydrogen-bond acceptors (Lipinski definition) is 1. The molecule has 15 heavy (non-hydrogen) atoms. The Morgan fingerprint density at radius 1 is 1.20 bits per heavy atom. The van der Waals surface area contributed by atoms with E-state index in [2.05, 4.69) is 55.4 Å². The van der Waals surface area contributed by atoms with E-state index in [1.165, 1.54) is 16.3 Å². The van der Waals surface area contributed by atoms with Gasteiger partial charge in [-0.25, -0.2) is 0 Å². The molecule has 1 N–H and O–H groups in total. The second-order valence-electron chi connectivity index (χ2n) is 3.50. The number of halogens is 1. The van der Waals surface area contributed by atoms with Crippen LogP contribution in [0.3, 0.4) is 0 Å². The predicted molar refractivity (Wildman–Crippen MR) is 59.8 cm³/mol. The molecule has 0 radical (unpaired) electrons. The first kappa shape index (κ1) is 12.5. The maximum absolute atomic E-state index is 2.29. The van der Waals surface area contributed by atoms with Crippen LogP contribution in [0, 0.1) is 0 Å². The fourth-order valence-electron chi connectivity index (χ4n) is 1.93. The molecule has 1 unspecified atom stereocenters. The number of nitrogens with one attached hydrogen (secondary N) is 1. The summed E-state index contributed by atoms with van der Waals surface area (Å²) in [6, 6.07) is 8.62. The first-order valence-corrected chi connectivity index (χ1v) is 5.27. The fraction of sp³-hybridized carbons (Fsp3) is 0.333. The van der Waals surface area contributed by atoms with Crippen molar-refractivity contribution in [2.45, 2.75) is 13.8 Å². The molecule has 0 fully saturated rings. The zero-order valence-electron chi connectivity index (χ0n) is 9.20. The van der Waals surface area contributed by atoms with E-state index in [4.69, 9.17) is 0 Å². The molecule has 1 aromatic carbocycles. The molecule has 1 aliphatic heterocycles. The maximum Gasteiger partial charge on any atom is 0.159 e. The molecule has 2 nitrogen and oxygen atoms in total. The molecule has 1 aromatic rings. The van der Waals surface area contributed by atoms with Gasteiger partial charge < -0.3 is 28.9 Å². The van der Waals surface area contributed by atoms with Crippen molar-refractivity contribution in [3.05, 3.63) is 36.7 Å². The van der Waals surface area contributed by atoms with Crippen molar-refractivity contribution >= 4 is 11.4 Å². The quantitative estimate of drug-likeness (QED) is 0.655. The Kier molecular flexibility index (Phi) is 4.60. The number of anilines is 1. The van der Waals surface area contributed by atoms with Crippen molar-refractivity contribution in [1.82, 2.24) is 0 Å². The third-order valence-corrected chi connectivity index (χ3v) is 2.74. The molecular weight excluding hydrogens is 299 g/mol. The van der Waals surface area contributed by atoms with Gasteiger partial charge in [0.05, 0.1) is 12.7 Å². The Balaban J connectivity index is 0.00000112. The minimum absolute atomic E-state index is 0. The lowest BCUT2D eigenvalue weighted by atomic mass is 10.2. The summed E-state index contributed by atoms with van der Waals surface area (Å²) in [5, 5.41) is 0. The number of rotatable bonds is 2. The highest BCUT2D eigenvalue weighted by Gasteiger charge is 2.19. The molecule has 0 amide bonds. The van der Waals surface area contributed by atoms with Crippen LogP contribution in [0.4, 0.5) is 11.4 Å². The van der Waals surface area contributed by atoms with Gasteiger partial charge in [-0.15, -0.1) is 0 Å². The van der Waals surface area contributed by atoms with Crippen molar-refractivity contribution in [3.63, 3.8) is 0 Å². The summed E-state index contributed by atoms with van der Waals surface area (Å²) in [6.45, 7) is 6.52. The van der Waals surface area contributed by atoms with Crippen LogP contribution in [0.2, 0.25) is 0 Å². The summed E-state index contributed by atoms with van der Waals surface area (Å²) >= 11 is 0. The number of hydrogen-bond donors (Lipinski definition) is 1. The van der Waals surface area contributed by atoms with Gasteiger partial charge in [-0.1, -0.05) is 12.1 Å². The molecule has 82 valence electrons. The zero-order valence-corrected chi connectivity index (χ0v) is 11.4. The predicted octanol–water partition coefficient (Wildman–Crippen LogP) is -1.46. The Labute approximate surface area is 109 Å². The van der Waals surface area contributed by atoms with E-state index in [9.17, 15) is 0 Å². The molecule has 0 spiro atoms. The molecule has 1 aliphatic rings. The van der Waals surface area contributed by atoms with E-state index in [1.807, 2.05) is 0 Å². The van der Waals surface area contributed by atoms with Gasteiger partial charge >= 0.3 is 0 Å². The van der Waals surface area contributed by atoms with Crippen molar-refractivity contribution < 1.29 is 28.9 Å². The van der Waals surface area contributed by atoms with Crippen molar-refractivity contribution in [2.24, 2.45) is 0 Å². The summed E-state index contributed by atoms with van der Waals surface area (Å²) in [4.78, 5) is 3.72. The Bertz CT molecular complexity index is 316. The molecule has 0 aromatic heterocycles. The Morgan fingerprint density at radius 2 is 1.93 bits per heavy atom. The van der Waals surface area contributed by atoms with Gasteiger partial charge in [0.2, 0.25) is 0 Å². The molecule has 0 aliphatic carbocycles. The summed E-state index contributed by atoms with van der Waals surface area (Å²) < 4.78 is 0. The van der Waals surface area contributed by atoms with Gasteiger partial charge in [0.25, 0.3) is 0 Å². The van der Waals surface area contributed by atoms with E-state index in [0.29, 0.717) is 0 Å². The smallest absolute Gasteiger partial charge is 0.159 e. The van der Waals surface area contributed by atoms with Crippen LogP contribution >= 0.6 is 0 Å². The van der Waals surface area contributed by atoms with Crippen molar-refractivity contribution in [2.75, 3.05) is 18.0 Å². The SMILES string of the molecule is CCN1C=C[NH+](CC)c2ccccc21.[I-]. The number of benzene rings is 1. The molecule has 2 rings (SSSR count). The third-order valence-electron chi connectivity index (χ3n) is 2.74. The summed E-state index contributed by atoms with van der Waals surface area (Å²) in [6.07, 6.45) is 4.41. The van der Waals surface area contributed by atoms with Crippen LogP contribution in [-0.4, -0.2) is 13.1 Å². The molecular formula is C12H17IN2. The van der Waals surface area contributed by atoms with E-state index in [0.717, 1.165) is 13.1 Å². The number of quaternary nitrogens is 1. The van der Waals surface area contributed by atoms with Crippen LogP contribution in [0.1, 0.15) is 13.8 Å². The first-order valence-electron chi connectivity index (χ1n) is 5.27. The topological polar surface area (TPSA) is 7.68 Å². The average Bonchev–Trinajstić information content (AvgIpc) is 2.27. The molecule has 1 atom stereocenters. The van der Waals surface area contributed by atoms with Crippen LogP contribution in [0.25, 0.3) is 0 Å². The van der Waals surface area contributed by atoms with Crippen molar-refractivity contribution in [1.29, 1.82) is 0 Å². The van der Waals surface area contributed by atoms with Gasteiger partial charge in [0, 0.05) is 12.6 Å². The number of nitrogens with zero attached hydrogens (tertiary/aromatic N) is 1. The van der Waals surface area contributed by atoms with Gasteiger partial charge in [-0.2, -0.15) is 0 Å². The van der Waals surface area contributed by atoms with E-state index < -0.39 is 0 Å². The molecule has 3 heteroatoms. The normalized spacial score (nSPS) is 18.3. The zero-order chi connectivity index (χ0) is 9.97. The summed E-state index contributed by atoms with van der Waals surface area (Å²) in [7, 11) is 0. The fourth-order valence-corrected chi connectivity index (χ4v) is 1.93. The number of fused-ring (bicyclic) bond motifs is 1. The second kappa shape index (κ2) is 5.51. The highest BCUT2D eigenvalue weighted by atomic mass is 127. The molecule has 0 bridgehead atoms. The van der Waals surface area contributed by atoms with Crippen LogP contribution in [-0.2, 0) is 0 Å². The first-order chi connectivity index (χ1) is 6.86. The number of para-hydroxylation sites is 2. The minimum atomic E-state index is 0. The highest BCUT2D eigenvalue weighted by molar-refractivity contribution is 5.65. The van der Waals surface area contributed by atoms with Gasteiger partial charge in [-0.3, -0.25) is 4.90 Å². The molecule has 0 saturated carbocycles. The van der Waals surface area contributed by atoms with Gasteiger partial charge in [-0.05, 0) is 19.9 Å². The second-order valence-corrected chi connectivity index (χ2v) is 3.50. The average molecular weight is 316 g/mol. The maximum atomic E-state index is 2.29. The van der Waals surface area contributed by atoms with Crippen LogP contribution in [0.15, 0.2) is 36.7 Å². The molecule has 1 heterocycles. The largest absolute Gasteiger partial charge is 1.00 e. The highest BCUT2D eigenvalue weighted by Crippen LogP contribution is 2.24. The summed E-state index contributed by atoms with van der Waals surface area (Å²) in [5.41, 5.74) is 2.73. The lowest BCUT2D eigenvalue weighted by molar-refractivity contribution is -0.773. The lowest BCUT2D eigenvalue weighted by Crippen LogP contribution is -3.02. The Hall–Kier alpha value is -0.550. The van der Waals surface area contributed by atoms with E-state index in [-0.39, 0.29) is 24.0 Å². The Morgan fingerprint density at radius 3 is 2.60 bits per heavy atom. The molecule has 0 saturated heterocycles. The van der Waals surface area contributed by atoms with Crippen LogP contribution < -0.4 is 33.8 Å². The van der Waals surface area contributed by atoms with Crippen molar-refractivity contribution in [3.8, 4) is 0 Å². The van der Waals surface area contributed by atoms with E-state index in [1.54, 1.807) is 0 Å².